The number of halogens is 1. The van der Waals surface area contributed by atoms with Crippen LogP contribution in [0.15, 0.2) is 48.6 Å². The van der Waals surface area contributed by atoms with Crippen LogP contribution in [0.2, 0.25) is 5.02 Å². The van der Waals surface area contributed by atoms with Crippen molar-refractivity contribution in [3.63, 3.8) is 0 Å². The molecule has 2 aromatic carbocycles. The molecule has 2 aromatic rings. The largest absolute Gasteiger partial charge is 0.490 e. The lowest BCUT2D eigenvalue weighted by Gasteiger charge is -2.45. The number of carbonyl (C=O) groups is 1. The molecule has 1 spiro atoms. The molecular weight excluding hydrogens is 548 g/mol. The molecule has 9 heteroatoms. The van der Waals surface area contributed by atoms with Gasteiger partial charge in [-0.25, -0.2) is 13.1 Å². The summed E-state index contributed by atoms with van der Waals surface area (Å²) >= 11 is 6.37. The standard InChI is InChI=1S/C31H35ClN2O5S/c32-23-8-10-25-19(13-23)4-2-12-31(25)17-34-16-22-6-9-24(22)27(35)5-1-3-20-15-29(20)40(37,38)33-30(36)21-7-11-28(39-18-31)26(34)14-21/h1,5,7-8,10-11,13-14,20,22,24,27,29,35H,2-4,6,9,12,15-18H2,(H,33,36)/b5-1-/t20-,22-,24+,27-,29+,31-/m0/s1. The Labute approximate surface area is 240 Å². The van der Waals surface area contributed by atoms with Crippen molar-refractivity contribution in [1.82, 2.24) is 4.72 Å². The fraction of sp³-hybridized carbons (Fsp3) is 0.516. The van der Waals surface area contributed by atoms with E-state index in [1.54, 1.807) is 18.2 Å². The quantitative estimate of drug-likeness (QED) is 0.441. The van der Waals surface area contributed by atoms with Crippen molar-refractivity contribution >= 4 is 33.2 Å². The molecule has 7 nitrogen and oxygen atoms in total. The van der Waals surface area contributed by atoms with Crippen molar-refractivity contribution in [2.45, 2.75) is 61.7 Å². The minimum absolute atomic E-state index is 0.0285. The van der Waals surface area contributed by atoms with E-state index < -0.39 is 27.3 Å². The Hall–Kier alpha value is -2.55. The summed E-state index contributed by atoms with van der Waals surface area (Å²) in [6.45, 7) is 1.94. The number of carbonyl (C=O) groups excluding carboxylic acids is 1. The molecule has 3 aliphatic carbocycles. The summed E-state index contributed by atoms with van der Waals surface area (Å²) in [5, 5.41) is 11.2. The molecule has 212 valence electrons. The molecule has 5 aliphatic rings. The van der Waals surface area contributed by atoms with E-state index in [0.29, 0.717) is 43.2 Å². The molecule has 2 bridgehead atoms. The predicted octanol–water partition coefficient (Wildman–Crippen LogP) is 4.61. The van der Waals surface area contributed by atoms with Crippen molar-refractivity contribution in [2.75, 3.05) is 24.6 Å². The van der Waals surface area contributed by atoms with Crippen LogP contribution in [0.1, 0.15) is 60.0 Å². The third kappa shape index (κ3) is 4.62. The van der Waals surface area contributed by atoms with Crippen LogP contribution in [0.5, 0.6) is 5.75 Å². The zero-order valence-electron chi connectivity index (χ0n) is 22.4. The minimum atomic E-state index is -3.79. The van der Waals surface area contributed by atoms with Crippen LogP contribution in [0.4, 0.5) is 5.69 Å². The highest BCUT2D eigenvalue weighted by Gasteiger charge is 2.48. The van der Waals surface area contributed by atoms with Gasteiger partial charge in [-0.15, -0.1) is 0 Å². The number of aliphatic hydroxyl groups is 1. The van der Waals surface area contributed by atoms with Crippen LogP contribution < -0.4 is 14.4 Å². The molecule has 0 aromatic heterocycles. The SMILES string of the molecule is O=C1NS(=O)(=O)[C@@H]2C[C@@H]2C/C=C\[C@H](O)[C@@H]2CC[C@H]2CN2C[C@@]3(CCCc4cc(Cl)ccc43)COc3ccc1cc32. The van der Waals surface area contributed by atoms with Crippen molar-refractivity contribution in [3.05, 3.63) is 70.3 Å². The summed E-state index contributed by atoms with van der Waals surface area (Å²) in [5.74, 6) is 0.506. The second-order valence-electron chi connectivity index (χ2n) is 12.5. The second kappa shape index (κ2) is 9.78. The maximum atomic E-state index is 13.2. The number of allylic oxidation sites excluding steroid dienone is 1. The van der Waals surface area contributed by atoms with Gasteiger partial charge in [-0.3, -0.25) is 4.79 Å². The number of aliphatic hydroxyl groups excluding tert-OH is 1. The number of anilines is 1. The first-order valence-corrected chi connectivity index (χ1v) is 16.4. The Balaban J connectivity index is 1.29. The molecule has 2 heterocycles. The van der Waals surface area contributed by atoms with E-state index in [0.717, 1.165) is 49.4 Å². The molecular formula is C31H35ClN2O5S. The number of sulfonamides is 1. The fourth-order valence-corrected chi connectivity index (χ4v) is 9.30. The number of rotatable bonds is 0. The predicted molar refractivity (Wildman–Crippen MR) is 154 cm³/mol. The average Bonchev–Trinajstić information content (AvgIpc) is 3.70. The average molecular weight is 583 g/mol. The number of benzene rings is 2. The van der Waals surface area contributed by atoms with Crippen molar-refractivity contribution in [1.29, 1.82) is 0 Å². The Morgan fingerprint density at radius 2 is 2.00 bits per heavy atom. The zero-order valence-corrected chi connectivity index (χ0v) is 24.0. The minimum Gasteiger partial charge on any atom is -0.490 e. The van der Waals surface area contributed by atoms with E-state index in [1.165, 1.54) is 11.1 Å². The first kappa shape index (κ1) is 26.4. The van der Waals surface area contributed by atoms with Crippen LogP contribution in [-0.4, -0.2) is 50.5 Å². The fourth-order valence-electron chi connectivity index (χ4n) is 7.46. The monoisotopic (exact) mass is 582 g/mol. The number of amides is 1. The zero-order chi connectivity index (χ0) is 27.6. The van der Waals surface area contributed by atoms with Crippen molar-refractivity contribution in [2.24, 2.45) is 17.8 Å². The van der Waals surface area contributed by atoms with Gasteiger partial charge in [0.05, 0.1) is 23.6 Å². The summed E-state index contributed by atoms with van der Waals surface area (Å²) in [4.78, 5) is 15.5. The van der Waals surface area contributed by atoms with Gasteiger partial charge in [0.1, 0.15) is 5.75 Å². The molecule has 0 saturated heterocycles. The van der Waals surface area contributed by atoms with Crippen LogP contribution in [-0.2, 0) is 21.9 Å². The molecule has 1 amide bonds. The number of hydrogen-bond acceptors (Lipinski definition) is 6. The molecule has 0 unspecified atom stereocenters. The van der Waals surface area contributed by atoms with Gasteiger partial charge in [-0.05, 0) is 104 Å². The van der Waals surface area contributed by atoms with Gasteiger partial charge in [0.15, 0.2) is 0 Å². The molecule has 0 radical (unpaired) electrons. The molecule has 2 aliphatic heterocycles. The van der Waals surface area contributed by atoms with Gasteiger partial charge in [-0.2, -0.15) is 0 Å². The molecule has 6 atom stereocenters. The number of nitrogens with one attached hydrogen (secondary N) is 1. The topological polar surface area (TPSA) is 95.9 Å². The lowest BCUT2D eigenvalue weighted by Crippen LogP contribution is -2.49. The van der Waals surface area contributed by atoms with E-state index in [-0.39, 0.29) is 17.3 Å². The van der Waals surface area contributed by atoms with Gasteiger partial charge in [-0.1, -0.05) is 29.8 Å². The summed E-state index contributed by atoms with van der Waals surface area (Å²) in [7, 11) is -3.79. The maximum Gasteiger partial charge on any atom is 0.264 e. The normalized spacial score (nSPS) is 35.1. The Morgan fingerprint density at radius 3 is 2.83 bits per heavy atom. The molecule has 2 saturated carbocycles. The Kier molecular flexibility index (Phi) is 6.44. The van der Waals surface area contributed by atoms with E-state index in [2.05, 4.69) is 21.8 Å². The number of ether oxygens (including phenoxy) is 1. The van der Waals surface area contributed by atoms with Gasteiger partial charge in [0.25, 0.3) is 5.91 Å². The van der Waals surface area contributed by atoms with E-state index >= 15 is 0 Å². The summed E-state index contributed by atoms with van der Waals surface area (Å²) in [6.07, 6.45) is 9.31. The van der Waals surface area contributed by atoms with Crippen molar-refractivity contribution < 1.29 is 23.1 Å². The number of hydrogen-bond donors (Lipinski definition) is 2. The van der Waals surface area contributed by atoms with Crippen LogP contribution in [0.25, 0.3) is 0 Å². The first-order valence-electron chi connectivity index (χ1n) is 14.4. The Morgan fingerprint density at radius 1 is 1.12 bits per heavy atom. The van der Waals surface area contributed by atoms with Gasteiger partial charge >= 0.3 is 0 Å². The third-order valence-electron chi connectivity index (χ3n) is 9.93. The highest BCUT2D eigenvalue weighted by molar-refractivity contribution is 7.91. The van der Waals surface area contributed by atoms with E-state index in [4.69, 9.17) is 16.3 Å². The molecule has 7 rings (SSSR count). The summed E-state index contributed by atoms with van der Waals surface area (Å²) in [5.41, 5.74) is 3.38. The van der Waals surface area contributed by atoms with Crippen LogP contribution >= 0.6 is 11.6 Å². The van der Waals surface area contributed by atoms with Crippen molar-refractivity contribution in [3.8, 4) is 5.75 Å². The highest BCUT2D eigenvalue weighted by atomic mass is 35.5. The molecule has 2 N–H and O–H groups in total. The van der Waals surface area contributed by atoms with Crippen LogP contribution in [0.3, 0.4) is 0 Å². The maximum absolute atomic E-state index is 13.2. The van der Waals surface area contributed by atoms with E-state index in [1.807, 2.05) is 18.2 Å². The highest BCUT2D eigenvalue weighted by Crippen LogP contribution is 2.47. The van der Waals surface area contributed by atoms with Crippen LogP contribution in [0, 0.1) is 17.8 Å². The van der Waals surface area contributed by atoms with Gasteiger partial charge in [0.2, 0.25) is 10.0 Å². The van der Waals surface area contributed by atoms with Gasteiger partial charge < -0.3 is 14.7 Å². The first-order chi connectivity index (χ1) is 19.2. The third-order valence-corrected chi connectivity index (χ3v) is 12.0. The van der Waals surface area contributed by atoms with Gasteiger partial charge in [0, 0.05) is 29.1 Å². The number of aryl methyl sites for hydroxylation is 1. The molecule has 40 heavy (non-hydrogen) atoms. The Bertz CT molecular complexity index is 1490. The lowest BCUT2D eigenvalue weighted by molar-refractivity contribution is 0.0456. The number of fused-ring (bicyclic) bond motifs is 5. The number of nitrogens with zero attached hydrogens (tertiary/aromatic N) is 1. The smallest absolute Gasteiger partial charge is 0.264 e. The second-order valence-corrected chi connectivity index (χ2v) is 14.8. The lowest BCUT2D eigenvalue weighted by atomic mass is 9.68. The summed E-state index contributed by atoms with van der Waals surface area (Å²) in [6, 6.07) is 11.4. The summed E-state index contributed by atoms with van der Waals surface area (Å²) < 4.78 is 34.7. The van der Waals surface area contributed by atoms with E-state index in [9.17, 15) is 18.3 Å². The molecule has 2 fully saturated rings.